The van der Waals surface area contributed by atoms with Crippen LogP contribution in [0.25, 0.3) is 21.6 Å². The molecule has 0 aliphatic carbocycles. The molecule has 1 aromatic carbocycles. The molecule has 0 bridgehead atoms. The second-order valence-electron chi connectivity index (χ2n) is 6.71. The van der Waals surface area contributed by atoms with Gasteiger partial charge in [0.2, 0.25) is 0 Å². The van der Waals surface area contributed by atoms with E-state index >= 15 is 0 Å². The number of aryl methyl sites for hydroxylation is 2. The van der Waals surface area contributed by atoms with E-state index in [2.05, 4.69) is 10.4 Å². The number of anilines is 1. The molecule has 0 unspecified atom stereocenters. The Labute approximate surface area is 178 Å². The topological polar surface area (TPSA) is 78.3 Å². The predicted molar refractivity (Wildman–Crippen MR) is 119 cm³/mol. The van der Waals surface area contributed by atoms with Crippen LogP contribution >= 0.6 is 11.3 Å². The van der Waals surface area contributed by atoms with Crippen LogP contribution < -0.4 is 14.8 Å². The first-order valence-corrected chi connectivity index (χ1v) is 10.4. The van der Waals surface area contributed by atoms with Crippen molar-refractivity contribution in [3.63, 3.8) is 0 Å². The van der Waals surface area contributed by atoms with Crippen LogP contribution in [0.3, 0.4) is 0 Å². The van der Waals surface area contributed by atoms with Gasteiger partial charge in [-0.15, -0.1) is 11.3 Å². The third kappa shape index (κ3) is 3.50. The monoisotopic (exact) mass is 422 g/mol. The first-order valence-electron chi connectivity index (χ1n) is 9.50. The van der Waals surface area contributed by atoms with Crippen LogP contribution in [0.4, 0.5) is 5.69 Å². The van der Waals surface area contributed by atoms with E-state index < -0.39 is 0 Å². The molecule has 7 nitrogen and oxygen atoms in total. The number of pyridine rings is 1. The Morgan fingerprint density at radius 1 is 1.20 bits per heavy atom. The van der Waals surface area contributed by atoms with Crippen molar-refractivity contribution in [2.45, 2.75) is 20.4 Å². The average Bonchev–Trinajstić information content (AvgIpc) is 3.43. The number of fused-ring (bicyclic) bond motifs is 1. The first-order chi connectivity index (χ1) is 14.5. The lowest BCUT2D eigenvalue weighted by Crippen LogP contribution is -2.14. The summed E-state index contributed by atoms with van der Waals surface area (Å²) in [6.07, 6.45) is 1.69. The number of nitrogens with zero attached hydrogens (tertiary/aromatic N) is 3. The van der Waals surface area contributed by atoms with E-state index in [0.29, 0.717) is 40.3 Å². The Kier molecular flexibility index (Phi) is 5.41. The summed E-state index contributed by atoms with van der Waals surface area (Å²) in [6, 6.07) is 9.38. The molecule has 4 rings (SSSR count). The van der Waals surface area contributed by atoms with Gasteiger partial charge < -0.3 is 14.8 Å². The van der Waals surface area contributed by atoms with Gasteiger partial charge in [-0.05, 0) is 43.0 Å². The van der Waals surface area contributed by atoms with Crippen LogP contribution in [0.5, 0.6) is 11.5 Å². The van der Waals surface area contributed by atoms with Gasteiger partial charge in [0.1, 0.15) is 0 Å². The fourth-order valence-corrected chi connectivity index (χ4v) is 4.01. The lowest BCUT2D eigenvalue weighted by molar-refractivity contribution is 0.102. The highest BCUT2D eigenvalue weighted by Crippen LogP contribution is 2.34. The van der Waals surface area contributed by atoms with Gasteiger partial charge in [-0.3, -0.25) is 4.79 Å². The minimum atomic E-state index is -0.230. The van der Waals surface area contributed by atoms with E-state index in [4.69, 9.17) is 14.5 Å². The maximum atomic E-state index is 13.3. The Bertz CT molecular complexity index is 1220. The van der Waals surface area contributed by atoms with Gasteiger partial charge in [-0.1, -0.05) is 6.07 Å². The largest absolute Gasteiger partial charge is 0.493 e. The second-order valence-corrected chi connectivity index (χ2v) is 7.65. The van der Waals surface area contributed by atoms with Crippen molar-refractivity contribution >= 4 is 34.0 Å². The highest BCUT2D eigenvalue weighted by atomic mass is 32.1. The van der Waals surface area contributed by atoms with Crippen LogP contribution in [-0.4, -0.2) is 34.9 Å². The van der Waals surface area contributed by atoms with Crippen LogP contribution in [0.1, 0.15) is 22.8 Å². The van der Waals surface area contributed by atoms with Gasteiger partial charge in [0, 0.05) is 18.3 Å². The minimum Gasteiger partial charge on any atom is -0.493 e. The number of ether oxygens (including phenoxy) is 2. The number of benzene rings is 1. The number of hydrogen-bond acceptors (Lipinski definition) is 6. The number of thiophene rings is 1. The van der Waals surface area contributed by atoms with E-state index in [1.807, 2.05) is 43.5 Å². The molecule has 0 aliphatic rings. The van der Waals surface area contributed by atoms with Crippen molar-refractivity contribution in [1.82, 2.24) is 14.8 Å². The van der Waals surface area contributed by atoms with Crippen LogP contribution in [0, 0.1) is 6.92 Å². The molecule has 0 atom stereocenters. The molecule has 0 radical (unpaired) electrons. The Morgan fingerprint density at radius 2 is 1.97 bits per heavy atom. The zero-order valence-corrected chi connectivity index (χ0v) is 18.0. The molecule has 3 heterocycles. The Morgan fingerprint density at radius 3 is 2.63 bits per heavy atom. The molecule has 0 saturated carbocycles. The van der Waals surface area contributed by atoms with E-state index in [-0.39, 0.29) is 5.91 Å². The molecule has 0 saturated heterocycles. The van der Waals surface area contributed by atoms with E-state index in [1.54, 1.807) is 42.5 Å². The fraction of sp³-hybridized carbons (Fsp3) is 0.227. The number of amides is 1. The summed E-state index contributed by atoms with van der Waals surface area (Å²) in [7, 11) is 3.15. The molecule has 0 fully saturated rings. The van der Waals surface area contributed by atoms with Crippen LogP contribution in [0.2, 0.25) is 0 Å². The van der Waals surface area contributed by atoms with Gasteiger partial charge in [-0.25, -0.2) is 9.67 Å². The number of nitrogens with one attached hydrogen (secondary N) is 1. The highest BCUT2D eigenvalue weighted by Gasteiger charge is 2.19. The number of hydrogen-bond donors (Lipinski definition) is 1. The Balaban J connectivity index is 1.79. The maximum Gasteiger partial charge on any atom is 0.256 e. The lowest BCUT2D eigenvalue weighted by Gasteiger charge is -2.14. The molecule has 30 heavy (non-hydrogen) atoms. The summed E-state index contributed by atoms with van der Waals surface area (Å²) in [4.78, 5) is 19.1. The van der Waals surface area contributed by atoms with E-state index in [9.17, 15) is 4.79 Å². The summed E-state index contributed by atoms with van der Waals surface area (Å²) in [5.41, 5.74) is 3.49. The summed E-state index contributed by atoms with van der Waals surface area (Å²) in [6.45, 7) is 4.57. The fourth-order valence-electron chi connectivity index (χ4n) is 3.32. The SMILES string of the molecule is CCn1ncc2c(C(=O)Nc3cc(OC)c(OC)cc3C)cc(-c3cccs3)nc21. The summed E-state index contributed by atoms with van der Waals surface area (Å²) < 4.78 is 12.5. The molecule has 0 spiro atoms. The van der Waals surface area contributed by atoms with Crippen molar-refractivity contribution < 1.29 is 14.3 Å². The third-order valence-corrected chi connectivity index (χ3v) is 5.80. The van der Waals surface area contributed by atoms with Crippen molar-refractivity contribution in [1.29, 1.82) is 0 Å². The number of aromatic nitrogens is 3. The van der Waals surface area contributed by atoms with Crippen LogP contribution in [0.15, 0.2) is 41.9 Å². The van der Waals surface area contributed by atoms with E-state index in [0.717, 1.165) is 16.1 Å². The summed E-state index contributed by atoms with van der Waals surface area (Å²) in [5, 5.41) is 10.1. The second kappa shape index (κ2) is 8.16. The minimum absolute atomic E-state index is 0.230. The summed E-state index contributed by atoms with van der Waals surface area (Å²) >= 11 is 1.58. The predicted octanol–water partition coefficient (Wildman–Crippen LogP) is 4.76. The molecule has 8 heteroatoms. The molecule has 0 aliphatic heterocycles. The van der Waals surface area contributed by atoms with E-state index in [1.165, 1.54) is 0 Å². The average molecular weight is 423 g/mol. The lowest BCUT2D eigenvalue weighted by atomic mass is 10.1. The zero-order valence-electron chi connectivity index (χ0n) is 17.2. The first kappa shape index (κ1) is 19.9. The number of carbonyl (C=O) groups is 1. The van der Waals surface area contributed by atoms with Crippen molar-refractivity contribution in [2.24, 2.45) is 0 Å². The Hall–Kier alpha value is -3.39. The smallest absolute Gasteiger partial charge is 0.256 e. The molecule has 3 aromatic heterocycles. The molecule has 1 N–H and O–H groups in total. The van der Waals surface area contributed by atoms with Gasteiger partial charge >= 0.3 is 0 Å². The molecule has 1 amide bonds. The quantitative estimate of drug-likeness (QED) is 0.485. The van der Waals surface area contributed by atoms with Crippen molar-refractivity contribution in [3.05, 3.63) is 53.0 Å². The van der Waals surface area contributed by atoms with Gasteiger partial charge in [0.15, 0.2) is 17.1 Å². The molecule has 154 valence electrons. The third-order valence-electron chi connectivity index (χ3n) is 4.91. The van der Waals surface area contributed by atoms with Gasteiger partial charge in [0.25, 0.3) is 5.91 Å². The highest BCUT2D eigenvalue weighted by molar-refractivity contribution is 7.13. The van der Waals surface area contributed by atoms with Crippen molar-refractivity contribution in [2.75, 3.05) is 19.5 Å². The number of carbonyl (C=O) groups excluding carboxylic acids is 1. The standard InChI is InChI=1S/C22H22N4O3S/c1-5-26-21-15(12-23-26)14(10-17(24-21)20-7-6-8-30-20)22(27)25-16-11-19(29-4)18(28-3)9-13(16)2/h6-12H,5H2,1-4H3,(H,25,27). The normalized spacial score (nSPS) is 10.9. The van der Waals surface area contributed by atoms with Gasteiger partial charge in [0.05, 0.1) is 41.9 Å². The zero-order chi connectivity index (χ0) is 21.3. The molecule has 4 aromatic rings. The van der Waals surface area contributed by atoms with Crippen molar-refractivity contribution in [3.8, 4) is 22.1 Å². The molecular weight excluding hydrogens is 400 g/mol. The molecular formula is C22H22N4O3S. The van der Waals surface area contributed by atoms with Gasteiger partial charge in [-0.2, -0.15) is 5.10 Å². The van der Waals surface area contributed by atoms with Crippen LogP contribution in [-0.2, 0) is 6.54 Å². The number of methoxy groups -OCH3 is 2. The number of rotatable bonds is 6. The maximum absolute atomic E-state index is 13.3. The summed E-state index contributed by atoms with van der Waals surface area (Å²) in [5.74, 6) is 0.936.